The summed E-state index contributed by atoms with van der Waals surface area (Å²) in [7, 11) is 8.88. The SMILES string of the molecule is COc1cc(N(C)CCN(C)C)c([N+](=O)[O-])cc1Nc1ncc(OC)c(-c2cn3c4c(cccc24)CCC3)n1. The van der Waals surface area contributed by atoms with Crippen molar-refractivity contribution in [2.24, 2.45) is 0 Å². The number of nitrogens with zero attached hydrogens (tertiary/aromatic N) is 6. The highest BCUT2D eigenvalue weighted by atomic mass is 16.6. The lowest BCUT2D eigenvalue weighted by Gasteiger charge is -2.22. The molecule has 3 heterocycles. The Balaban J connectivity index is 1.55. The molecule has 1 aliphatic rings. The Hall–Kier alpha value is -4.38. The highest BCUT2D eigenvalue weighted by Crippen LogP contribution is 2.41. The van der Waals surface area contributed by atoms with E-state index in [1.165, 1.54) is 24.3 Å². The Bertz CT molecular complexity index is 1530. The van der Waals surface area contributed by atoms with Crippen LogP contribution in [0.1, 0.15) is 12.0 Å². The number of ether oxygens (including phenoxy) is 2. The van der Waals surface area contributed by atoms with E-state index in [0.29, 0.717) is 35.1 Å². The predicted molar refractivity (Wildman–Crippen MR) is 153 cm³/mol. The summed E-state index contributed by atoms with van der Waals surface area (Å²) in [6, 6.07) is 9.49. The van der Waals surface area contributed by atoms with Gasteiger partial charge in [-0.05, 0) is 32.5 Å². The lowest BCUT2D eigenvalue weighted by atomic mass is 10.0. The van der Waals surface area contributed by atoms with E-state index in [1.807, 2.05) is 30.9 Å². The van der Waals surface area contributed by atoms with Gasteiger partial charge in [-0.25, -0.2) is 9.97 Å². The molecule has 0 unspecified atom stereocenters. The molecule has 4 aromatic rings. The standard InChI is InChI=1S/C28H33N7O4/c1-32(2)12-13-33(3)22-15-24(38-4)21(14-23(22)35(36)37)30-28-29-16-25(39-5)26(31-28)20-17-34-11-7-9-18-8-6-10-19(20)27(18)34/h6,8,10,14-17H,7,9,11-13H2,1-5H3,(H,29,30,31). The zero-order valence-corrected chi connectivity index (χ0v) is 22.9. The molecule has 0 amide bonds. The fourth-order valence-electron chi connectivity index (χ4n) is 5.08. The number of aromatic nitrogens is 3. The zero-order chi connectivity index (χ0) is 27.7. The number of nitro groups is 1. The third-order valence-corrected chi connectivity index (χ3v) is 7.09. The fourth-order valence-corrected chi connectivity index (χ4v) is 5.08. The Labute approximate surface area is 227 Å². The second-order valence-electron chi connectivity index (χ2n) is 9.91. The molecular formula is C28H33N7O4. The molecule has 0 saturated carbocycles. The molecule has 204 valence electrons. The van der Waals surface area contributed by atoms with Crippen LogP contribution in [0.15, 0.2) is 42.7 Å². The van der Waals surface area contributed by atoms with Crippen molar-refractivity contribution in [3.05, 3.63) is 58.4 Å². The minimum absolute atomic E-state index is 0.0396. The van der Waals surface area contributed by atoms with Crippen molar-refractivity contribution >= 4 is 33.9 Å². The summed E-state index contributed by atoms with van der Waals surface area (Å²) in [5.41, 5.74) is 4.96. The van der Waals surface area contributed by atoms with Crippen LogP contribution in [-0.2, 0) is 13.0 Å². The molecule has 0 spiro atoms. The van der Waals surface area contributed by atoms with Gasteiger partial charge in [0.1, 0.15) is 17.1 Å². The number of likely N-dealkylation sites (N-methyl/N-ethyl adjacent to an activating group) is 2. The number of hydrogen-bond donors (Lipinski definition) is 1. The molecule has 2 aromatic carbocycles. The van der Waals surface area contributed by atoms with Crippen molar-refractivity contribution in [2.75, 3.05) is 58.7 Å². The van der Waals surface area contributed by atoms with E-state index < -0.39 is 0 Å². The van der Waals surface area contributed by atoms with Crippen LogP contribution in [0.2, 0.25) is 0 Å². The van der Waals surface area contributed by atoms with Gasteiger partial charge < -0.3 is 29.2 Å². The van der Waals surface area contributed by atoms with Gasteiger partial charge in [-0.15, -0.1) is 0 Å². The second-order valence-corrected chi connectivity index (χ2v) is 9.91. The molecule has 0 atom stereocenters. The molecule has 0 aliphatic carbocycles. The number of aryl methyl sites for hydroxylation is 2. The Kier molecular flexibility index (Phi) is 7.25. The molecule has 11 heteroatoms. The molecule has 1 aliphatic heterocycles. The molecule has 0 bridgehead atoms. The van der Waals surface area contributed by atoms with Gasteiger partial charge in [0.15, 0.2) is 5.75 Å². The Morgan fingerprint density at radius 2 is 1.92 bits per heavy atom. The molecular weight excluding hydrogens is 498 g/mol. The molecule has 1 N–H and O–H groups in total. The number of nitrogens with one attached hydrogen (secondary N) is 1. The van der Waals surface area contributed by atoms with E-state index in [0.717, 1.165) is 36.9 Å². The van der Waals surface area contributed by atoms with Crippen molar-refractivity contribution in [2.45, 2.75) is 19.4 Å². The first-order chi connectivity index (χ1) is 18.8. The van der Waals surface area contributed by atoms with Crippen molar-refractivity contribution in [3.63, 3.8) is 0 Å². The topological polar surface area (TPSA) is 111 Å². The first kappa shape index (κ1) is 26.2. The maximum atomic E-state index is 12.0. The molecule has 2 aromatic heterocycles. The number of nitro benzene ring substituents is 1. The maximum absolute atomic E-state index is 12.0. The molecule has 5 rings (SSSR count). The van der Waals surface area contributed by atoms with E-state index in [2.05, 4.69) is 39.3 Å². The number of rotatable bonds is 10. The van der Waals surface area contributed by atoms with E-state index in [9.17, 15) is 10.1 Å². The number of hydrogen-bond acceptors (Lipinski definition) is 9. The molecule has 11 nitrogen and oxygen atoms in total. The minimum atomic E-state index is -0.389. The van der Waals surface area contributed by atoms with Crippen LogP contribution in [0, 0.1) is 10.1 Å². The summed E-state index contributed by atoms with van der Waals surface area (Å²) in [5, 5.41) is 16.3. The van der Waals surface area contributed by atoms with Crippen LogP contribution in [0.4, 0.5) is 23.0 Å². The van der Waals surface area contributed by atoms with E-state index in [1.54, 1.807) is 19.4 Å². The highest BCUT2D eigenvalue weighted by molar-refractivity contribution is 5.98. The van der Waals surface area contributed by atoms with Gasteiger partial charge in [-0.2, -0.15) is 0 Å². The van der Waals surface area contributed by atoms with Gasteiger partial charge in [-0.3, -0.25) is 10.1 Å². The lowest BCUT2D eigenvalue weighted by molar-refractivity contribution is -0.384. The summed E-state index contributed by atoms with van der Waals surface area (Å²) in [4.78, 5) is 24.8. The Morgan fingerprint density at radius 3 is 2.64 bits per heavy atom. The van der Waals surface area contributed by atoms with E-state index >= 15 is 0 Å². The van der Waals surface area contributed by atoms with Gasteiger partial charge in [0.2, 0.25) is 5.95 Å². The number of methoxy groups -OCH3 is 2. The third kappa shape index (κ3) is 5.05. The van der Waals surface area contributed by atoms with Crippen LogP contribution in [0.25, 0.3) is 22.2 Å². The monoisotopic (exact) mass is 531 g/mol. The smallest absolute Gasteiger partial charge is 0.294 e. The quantitative estimate of drug-likeness (QED) is 0.230. The molecule has 0 fully saturated rings. The van der Waals surface area contributed by atoms with Crippen LogP contribution in [0.5, 0.6) is 11.5 Å². The van der Waals surface area contributed by atoms with E-state index in [4.69, 9.17) is 14.5 Å². The third-order valence-electron chi connectivity index (χ3n) is 7.09. The number of benzene rings is 2. The molecule has 0 saturated heterocycles. The number of anilines is 3. The average molecular weight is 532 g/mol. The summed E-state index contributed by atoms with van der Waals surface area (Å²) in [6.07, 6.45) is 5.87. The zero-order valence-electron chi connectivity index (χ0n) is 22.9. The van der Waals surface area contributed by atoms with Crippen molar-refractivity contribution in [3.8, 4) is 22.8 Å². The molecule has 39 heavy (non-hydrogen) atoms. The fraction of sp³-hybridized carbons (Fsp3) is 0.357. The van der Waals surface area contributed by atoms with Crippen LogP contribution < -0.4 is 19.7 Å². The average Bonchev–Trinajstić information content (AvgIpc) is 3.31. The summed E-state index contributed by atoms with van der Waals surface area (Å²) in [5.74, 6) is 1.26. The van der Waals surface area contributed by atoms with Crippen molar-refractivity contribution < 1.29 is 14.4 Å². The summed E-state index contributed by atoms with van der Waals surface area (Å²) in [6.45, 7) is 2.31. The normalized spacial score (nSPS) is 12.6. The minimum Gasteiger partial charge on any atom is -0.494 e. The van der Waals surface area contributed by atoms with Crippen molar-refractivity contribution in [1.29, 1.82) is 0 Å². The lowest BCUT2D eigenvalue weighted by Crippen LogP contribution is -2.28. The van der Waals surface area contributed by atoms with Crippen LogP contribution >= 0.6 is 0 Å². The van der Waals surface area contributed by atoms with Gasteiger partial charge in [0.05, 0.1) is 36.5 Å². The largest absolute Gasteiger partial charge is 0.494 e. The highest BCUT2D eigenvalue weighted by Gasteiger charge is 2.24. The van der Waals surface area contributed by atoms with E-state index in [-0.39, 0.29) is 16.6 Å². The molecule has 0 radical (unpaired) electrons. The summed E-state index contributed by atoms with van der Waals surface area (Å²) >= 11 is 0. The maximum Gasteiger partial charge on any atom is 0.294 e. The van der Waals surface area contributed by atoms with Crippen LogP contribution in [0.3, 0.4) is 0 Å². The first-order valence-electron chi connectivity index (χ1n) is 12.8. The van der Waals surface area contributed by atoms with Gasteiger partial charge in [0.25, 0.3) is 5.69 Å². The first-order valence-corrected chi connectivity index (χ1v) is 12.8. The predicted octanol–water partition coefficient (Wildman–Crippen LogP) is 4.71. The Morgan fingerprint density at radius 1 is 1.13 bits per heavy atom. The van der Waals surface area contributed by atoms with Gasteiger partial charge in [-0.1, -0.05) is 18.2 Å². The summed E-state index contributed by atoms with van der Waals surface area (Å²) < 4.78 is 13.5. The van der Waals surface area contributed by atoms with Gasteiger partial charge >= 0.3 is 0 Å². The van der Waals surface area contributed by atoms with Crippen molar-refractivity contribution in [1.82, 2.24) is 19.4 Å². The number of para-hydroxylation sites is 1. The van der Waals surface area contributed by atoms with Crippen LogP contribution in [-0.4, -0.2) is 72.8 Å². The van der Waals surface area contributed by atoms with Gasteiger partial charge in [0, 0.05) is 56.0 Å². The second kappa shape index (κ2) is 10.8.